The summed E-state index contributed by atoms with van der Waals surface area (Å²) >= 11 is 0. The zero-order valence-corrected chi connectivity index (χ0v) is 12.6. The van der Waals surface area contributed by atoms with Gasteiger partial charge in [0.15, 0.2) is 0 Å². The molecule has 0 aromatic heterocycles. The van der Waals surface area contributed by atoms with Crippen molar-refractivity contribution < 1.29 is 0 Å². The Morgan fingerprint density at radius 3 is 1.79 bits per heavy atom. The van der Waals surface area contributed by atoms with E-state index in [0.717, 1.165) is 6.42 Å². The first-order valence-electron chi connectivity index (χ1n) is 6.85. The number of allylic oxidation sites excluding steroid dienone is 2. The molecule has 0 atom stereocenters. The van der Waals surface area contributed by atoms with Crippen LogP contribution in [0.4, 0.5) is 0 Å². The highest BCUT2D eigenvalue weighted by molar-refractivity contribution is 5.81. The van der Waals surface area contributed by atoms with Gasteiger partial charge in [0.2, 0.25) is 0 Å². The average molecular weight is 252 g/mol. The van der Waals surface area contributed by atoms with Crippen LogP contribution in [-0.4, -0.2) is 0 Å². The van der Waals surface area contributed by atoms with Crippen LogP contribution in [0.25, 0.3) is 24.3 Å². The van der Waals surface area contributed by atoms with Gasteiger partial charge in [0.05, 0.1) is 0 Å². The van der Waals surface area contributed by atoms with E-state index >= 15 is 0 Å². The summed E-state index contributed by atoms with van der Waals surface area (Å²) in [7, 11) is 0. The molecule has 0 heterocycles. The minimum Gasteiger partial charge on any atom is -0.0984 e. The van der Waals surface area contributed by atoms with Gasteiger partial charge in [0, 0.05) is 0 Å². The Morgan fingerprint density at radius 2 is 1.37 bits per heavy atom. The van der Waals surface area contributed by atoms with Gasteiger partial charge >= 0.3 is 0 Å². The molecule has 0 saturated heterocycles. The molecule has 0 unspecified atom stereocenters. The molecule has 0 radical (unpaired) electrons. The first-order valence-corrected chi connectivity index (χ1v) is 6.85. The van der Waals surface area contributed by atoms with Gasteiger partial charge < -0.3 is 0 Å². The van der Waals surface area contributed by atoms with Crippen molar-refractivity contribution in [3.05, 3.63) is 58.7 Å². The van der Waals surface area contributed by atoms with Gasteiger partial charge in [0.25, 0.3) is 0 Å². The maximum Gasteiger partial charge on any atom is -0.0112 e. The largest absolute Gasteiger partial charge is 0.0984 e. The second kappa shape index (κ2) is 6.94. The Morgan fingerprint density at radius 1 is 0.842 bits per heavy atom. The molecule has 0 N–H and O–H groups in total. The minimum atomic E-state index is 0.999. The highest BCUT2D eigenvalue weighted by Crippen LogP contribution is 2.32. The van der Waals surface area contributed by atoms with Crippen LogP contribution in [0.5, 0.6) is 0 Å². The second-order valence-electron chi connectivity index (χ2n) is 4.52. The zero-order chi connectivity index (χ0) is 14.4. The van der Waals surface area contributed by atoms with Crippen molar-refractivity contribution >= 4 is 24.3 Å². The molecule has 100 valence electrons. The van der Waals surface area contributed by atoms with E-state index in [1.54, 1.807) is 0 Å². The van der Waals surface area contributed by atoms with Gasteiger partial charge in [-0.05, 0) is 60.6 Å². The molecule has 1 aromatic rings. The van der Waals surface area contributed by atoms with Crippen LogP contribution in [0.2, 0.25) is 0 Å². The maximum absolute atomic E-state index is 3.98. The number of hydrogen-bond acceptors (Lipinski definition) is 0. The third-order valence-corrected chi connectivity index (χ3v) is 3.47. The van der Waals surface area contributed by atoms with Crippen LogP contribution in [0, 0.1) is 6.92 Å². The summed E-state index contributed by atoms with van der Waals surface area (Å²) in [5.41, 5.74) is 7.64. The molecular formula is C19H24. The normalized spacial score (nSPS) is 11.4. The topological polar surface area (TPSA) is 0 Å². The molecule has 0 aliphatic heterocycles. The molecule has 0 heteroatoms. The van der Waals surface area contributed by atoms with Crippen molar-refractivity contribution in [2.75, 3.05) is 0 Å². The van der Waals surface area contributed by atoms with Crippen molar-refractivity contribution in [2.24, 2.45) is 0 Å². The molecule has 0 nitrogen and oxygen atoms in total. The summed E-state index contributed by atoms with van der Waals surface area (Å²) in [6, 6.07) is 0. The van der Waals surface area contributed by atoms with Crippen LogP contribution in [-0.2, 0) is 6.42 Å². The molecule has 0 spiro atoms. The lowest BCUT2D eigenvalue weighted by Gasteiger charge is -2.19. The van der Waals surface area contributed by atoms with Crippen molar-refractivity contribution in [3.8, 4) is 0 Å². The molecule has 0 amide bonds. The Bertz CT molecular complexity index is 540. The van der Waals surface area contributed by atoms with Gasteiger partial charge in [-0.2, -0.15) is 0 Å². The minimum absolute atomic E-state index is 0.999. The zero-order valence-electron chi connectivity index (χ0n) is 12.6. The first kappa shape index (κ1) is 15.2. The van der Waals surface area contributed by atoms with Gasteiger partial charge in [-0.1, -0.05) is 56.5 Å². The lowest BCUT2D eigenvalue weighted by molar-refractivity contribution is 1.11. The van der Waals surface area contributed by atoms with Crippen LogP contribution >= 0.6 is 0 Å². The van der Waals surface area contributed by atoms with Crippen LogP contribution in [0.3, 0.4) is 0 Å². The maximum atomic E-state index is 3.98. The highest BCUT2D eigenvalue weighted by atomic mass is 14.2. The van der Waals surface area contributed by atoms with E-state index in [2.05, 4.69) is 58.2 Å². The van der Waals surface area contributed by atoms with Crippen LogP contribution in [0.1, 0.15) is 54.2 Å². The third-order valence-electron chi connectivity index (χ3n) is 3.47. The third kappa shape index (κ3) is 2.78. The molecule has 0 fully saturated rings. The Balaban J connectivity index is 3.90. The number of hydrogen-bond donors (Lipinski definition) is 0. The van der Waals surface area contributed by atoms with Crippen molar-refractivity contribution in [3.63, 3.8) is 0 Å². The van der Waals surface area contributed by atoms with Gasteiger partial charge in [-0.15, -0.1) is 0 Å². The molecule has 0 saturated carbocycles. The van der Waals surface area contributed by atoms with Crippen molar-refractivity contribution in [2.45, 2.75) is 34.1 Å². The van der Waals surface area contributed by atoms with Crippen LogP contribution < -0.4 is 0 Å². The van der Waals surface area contributed by atoms with Crippen molar-refractivity contribution in [1.82, 2.24) is 0 Å². The highest BCUT2D eigenvalue weighted by Gasteiger charge is 2.14. The smallest absolute Gasteiger partial charge is 0.0112 e. The summed E-state index contributed by atoms with van der Waals surface area (Å²) in [6.07, 6.45) is 13.4. The monoisotopic (exact) mass is 252 g/mol. The fourth-order valence-electron chi connectivity index (χ4n) is 2.63. The molecule has 1 aromatic carbocycles. The van der Waals surface area contributed by atoms with E-state index in [0.29, 0.717) is 0 Å². The second-order valence-corrected chi connectivity index (χ2v) is 4.52. The summed E-state index contributed by atoms with van der Waals surface area (Å²) in [6.45, 7) is 16.4. The molecular weight excluding hydrogens is 228 g/mol. The number of benzene rings is 1. The van der Waals surface area contributed by atoms with Gasteiger partial charge in [-0.3, -0.25) is 0 Å². The predicted molar refractivity (Wildman–Crippen MR) is 90.2 cm³/mol. The van der Waals surface area contributed by atoms with Gasteiger partial charge in [0.1, 0.15) is 0 Å². The summed E-state index contributed by atoms with van der Waals surface area (Å²) in [4.78, 5) is 0. The van der Waals surface area contributed by atoms with E-state index in [1.807, 2.05) is 19.1 Å². The Labute approximate surface area is 117 Å². The number of rotatable bonds is 5. The van der Waals surface area contributed by atoms with Crippen LogP contribution in [0.15, 0.2) is 25.3 Å². The Kier molecular flexibility index (Phi) is 5.57. The molecule has 0 aliphatic rings. The predicted octanol–water partition coefficient (Wildman–Crippen LogP) is 5.91. The van der Waals surface area contributed by atoms with Crippen molar-refractivity contribution in [1.29, 1.82) is 0 Å². The molecule has 0 aliphatic carbocycles. The first-order chi connectivity index (χ1) is 9.15. The molecule has 0 bridgehead atoms. The summed E-state index contributed by atoms with van der Waals surface area (Å²) < 4.78 is 0. The Hall–Kier alpha value is -1.82. The summed E-state index contributed by atoms with van der Waals surface area (Å²) in [5.74, 6) is 0. The van der Waals surface area contributed by atoms with E-state index in [9.17, 15) is 0 Å². The fraction of sp³-hybridized carbons (Fsp3) is 0.263. The standard InChI is InChI=1S/C19H24/c1-7-12-18-14(6)19(13-8-2)17(11-5)15(9-3)16(18)10-4/h7-10,12-13H,3-4,11H2,1-2,5-6H3/b12-7-,13-8-. The average Bonchev–Trinajstić information content (AvgIpc) is 2.42. The molecule has 1 rings (SSSR count). The SMILES string of the molecule is C=Cc1c(C=C)c(CC)c(/C=C\C)c(C)c1/C=C\C. The lowest BCUT2D eigenvalue weighted by Crippen LogP contribution is -2.02. The van der Waals surface area contributed by atoms with E-state index in [4.69, 9.17) is 0 Å². The van der Waals surface area contributed by atoms with Gasteiger partial charge in [-0.25, -0.2) is 0 Å². The van der Waals surface area contributed by atoms with E-state index < -0.39 is 0 Å². The summed E-state index contributed by atoms with van der Waals surface area (Å²) in [5, 5.41) is 0. The molecule has 19 heavy (non-hydrogen) atoms. The fourth-order valence-corrected chi connectivity index (χ4v) is 2.63. The lowest BCUT2D eigenvalue weighted by atomic mass is 9.85. The van der Waals surface area contributed by atoms with E-state index in [1.165, 1.54) is 33.4 Å². The van der Waals surface area contributed by atoms with E-state index in [-0.39, 0.29) is 0 Å². The quantitative estimate of drug-likeness (QED) is 0.611.